The second kappa shape index (κ2) is 5.66. The monoisotopic (exact) mass is 275 g/mol. The minimum atomic E-state index is 0.388. The highest BCUT2D eigenvalue weighted by Crippen LogP contribution is 2.24. The molecule has 1 aliphatic heterocycles. The topological polar surface area (TPSA) is 54.7 Å². The first-order valence-electron chi connectivity index (χ1n) is 7.20. The van der Waals surface area contributed by atoms with Gasteiger partial charge in [-0.1, -0.05) is 0 Å². The van der Waals surface area contributed by atoms with E-state index < -0.39 is 0 Å². The zero-order valence-electron chi connectivity index (χ0n) is 12.0. The van der Waals surface area contributed by atoms with Gasteiger partial charge in [0.05, 0.1) is 12.3 Å². The molecule has 1 saturated heterocycles. The number of fused-ring (bicyclic) bond motifs is 1. The van der Waals surface area contributed by atoms with Gasteiger partial charge in [-0.15, -0.1) is 0 Å². The van der Waals surface area contributed by atoms with Crippen LogP contribution in [0.4, 0.5) is 11.6 Å². The molecule has 2 aromatic heterocycles. The third kappa shape index (κ3) is 2.43. The molecule has 0 spiro atoms. The average Bonchev–Trinajstić information content (AvgIpc) is 2.95. The molecule has 6 nitrogen and oxygen atoms in total. The number of imidazole rings is 1. The average molecular weight is 275 g/mol. The van der Waals surface area contributed by atoms with E-state index in [0.29, 0.717) is 6.10 Å². The highest BCUT2D eigenvalue weighted by Gasteiger charge is 2.22. The zero-order valence-corrected chi connectivity index (χ0v) is 12.0. The Balaban J connectivity index is 1.85. The van der Waals surface area contributed by atoms with Gasteiger partial charge in [0.25, 0.3) is 0 Å². The largest absolute Gasteiger partial charge is 0.378 e. The van der Waals surface area contributed by atoms with E-state index in [1.807, 2.05) is 30.0 Å². The number of nitrogens with one attached hydrogen (secondary N) is 1. The van der Waals surface area contributed by atoms with Gasteiger partial charge in [-0.3, -0.25) is 0 Å². The summed E-state index contributed by atoms with van der Waals surface area (Å²) in [6.07, 6.45) is 8.21. The third-order valence-corrected chi connectivity index (χ3v) is 3.76. The minimum absolute atomic E-state index is 0.388. The Bertz CT molecular complexity index is 574. The van der Waals surface area contributed by atoms with Crippen molar-refractivity contribution >= 4 is 17.3 Å². The summed E-state index contributed by atoms with van der Waals surface area (Å²) in [5.74, 6) is 1.81. The predicted molar refractivity (Wildman–Crippen MR) is 79.4 cm³/mol. The van der Waals surface area contributed by atoms with Crippen molar-refractivity contribution in [3.63, 3.8) is 0 Å². The van der Waals surface area contributed by atoms with Gasteiger partial charge in [0.1, 0.15) is 5.82 Å². The number of hydrogen-bond donors (Lipinski definition) is 1. The molecule has 6 heteroatoms. The second-order valence-corrected chi connectivity index (χ2v) is 5.00. The molecule has 0 unspecified atom stereocenters. The fraction of sp³-hybridized carbons (Fsp3) is 0.571. The van der Waals surface area contributed by atoms with Crippen molar-refractivity contribution in [2.24, 2.45) is 0 Å². The van der Waals surface area contributed by atoms with Crippen molar-refractivity contribution in [2.45, 2.75) is 25.9 Å². The van der Waals surface area contributed by atoms with E-state index in [9.17, 15) is 0 Å². The number of nitrogens with zero attached hydrogens (tertiary/aromatic N) is 4. The van der Waals surface area contributed by atoms with Gasteiger partial charge < -0.3 is 19.4 Å². The first kappa shape index (κ1) is 13.2. The summed E-state index contributed by atoms with van der Waals surface area (Å²) < 4.78 is 7.72. The van der Waals surface area contributed by atoms with E-state index in [1.165, 1.54) is 0 Å². The molecule has 0 atom stereocenters. The van der Waals surface area contributed by atoms with Crippen LogP contribution in [-0.4, -0.2) is 47.2 Å². The molecule has 2 aromatic rings. The van der Waals surface area contributed by atoms with E-state index in [4.69, 9.17) is 4.74 Å². The van der Waals surface area contributed by atoms with Crippen molar-refractivity contribution in [3.05, 3.63) is 18.6 Å². The van der Waals surface area contributed by atoms with Gasteiger partial charge in [0.15, 0.2) is 11.5 Å². The molecule has 108 valence electrons. The van der Waals surface area contributed by atoms with Gasteiger partial charge >= 0.3 is 0 Å². The molecule has 1 aliphatic rings. The molecule has 0 aromatic carbocycles. The summed E-state index contributed by atoms with van der Waals surface area (Å²) in [7, 11) is 1.89. The van der Waals surface area contributed by atoms with E-state index in [-0.39, 0.29) is 0 Å². The van der Waals surface area contributed by atoms with Crippen LogP contribution in [0.3, 0.4) is 0 Å². The number of ether oxygens (including phenoxy) is 1. The smallest absolute Gasteiger partial charge is 0.180 e. The highest BCUT2D eigenvalue weighted by molar-refractivity contribution is 5.66. The number of rotatable bonds is 4. The van der Waals surface area contributed by atoms with E-state index in [2.05, 4.69) is 27.1 Å². The Labute approximate surface area is 118 Å². The van der Waals surface area contributed by atoms with Crippen LogP contribution in [0.25, 0.3) is 5.65 Å². The standard InChI is InChI=1S/C14H21N5O/c1-3-20-11-4-7-18(8-5-11)14-13-16-6-9-19(13)10-12(15-2)17-14/h6,9-11,15H,3-5,7-8H2,1-2H3. The summed E-state index contributed by atoms with van der Waals surface area (Å²) in [5.41, 5.74) is 0.916. The maximum Gasteiger partial charge on any atom is 0.180 e. The van der Waals surface area contributed by atoms with Crippen LogP contribution < -0.4 is 10.2 Å². The summed E-state index contributed by atoms with van der Waals surface area (Å²) in [5, 5.41) is 3.11. The lowest BCUT2D eigenvalue weighted by Gasteiger charge is -2.32. The van der Waals surface area contributed by atoms with Crippen LogP contribution in [0.1, 0.15) is 19.8 Å². The van der Waals surface area contributed by atoms with Crippen molar-refractivity contribution in [1.82, 2.24) is 14.4 Å². The van der Waals surface area contributed by atoms with Gasteiger partial charge in [-0.2, -0.15) is 0 Å². The van der Waals surface area contributed by atoms with Gasteiger partial charge in [0, 0.05) is 39.1 Å². The van der Waals surface area contributed by atoms with E-state index in [1.54, 1.807) is 0 Å². The second-order valence-electron chi connectivity index (χ2n) is 5.00. The third-order valence-electron chi connectivity index (χ3n) is 3.76. The molecule has 20 heavy (non-hydrogen) atoms. The van der Waals surface area contributed by atoms with E-state index >= 15 is 0 Å². The normalized spacial score (nSPS) is 16.8. The number of anilines is 2. The first-order chi connectivity index (χ1) is 9.81. The molecule has 0 amide bonds. The lowest BCUT2D eigenvalue weighted by atomic mass is 10.1. The van der Waals surface area contributed by atoms with E-state index in [0.717, 1.165) is 49.8 Å². The Morgan fingerprint density at radius 3 is 2.90 bits per heavy atom. The minimum Gasteiger partial charge on any atom is -0.378 e. The van der Waals surface area contributed by atoms with Crippen LogP contribution in [-0.2, 0) is 4.74 Å². The van der Waals surface area contributed by atoms with Gasteiger partial charge in [-0.05, 0) is 19.8 Å². The molecule has 0 radical (unpaired) electrons. The lowest BCUT2D eigenvalue weighted by Crippen LogP contribution is -2.37. The Morgan fingerprint density at radius 2 is 2.20 bits per heavy atom. The maximum atomic E-state index is 5.70. The molecule has 0 saturated carbocycles. The molecule has 3 heterocycles. The lowest BCUT2D eigenvalue weighted by molar-refractivity contribution is 0.0458. The van der Waals surface area contributed by atoms with Crippen molar-refractivity contribution in [2.75, 3.05) is 37.0 Å². The number of piperidine rings is 1. The van der Waals surface area contributed by atoms with Crippen LogP contribution >= 0.6 is 0 Å². The number of aromatic nitrogens is 3. The summed E-state index contributed by atoms with van der Waals surface area (Å²) in [6, 6.07) is 0. The maximum absolute atomic E-state index is 5.70. The van der Waals surface area contributed by atoms with Crippen LogP contribution in [0.2, 0.25) is 0 Å². The SMILES string of the molecule is CCOC1CCN(c2nc(NC)cn3ccnc23)CC1. The van der Waals surface area contributed by atoms with Crippen LogP contribution in [0, 0.1) is 0 Å². The molecule has 0 aliphatic carbocycles. The predicted octanol–water partition coefficient (Wildman–Crippen LogP) is 1.78. The van der Waals surface area contributed by atoms with Crippen LogP contribution in [0.15, 0.2) is 18.6 Å². The first-order valence-corrected chi connectivity index (χ1v) is 7.20. The quantitative estimate of drug-likeness (QED) is 0.921. The summed E-state index contributed by atoms with van der Waals surface area (Å²) in [6.45, 7) is 4.78. The summed E-state index contributed by atoms with van der Waals surface area (Å²) in [4.78, 5) is 11.4. The van der Waals surface area contributed by atoms with Crippen molar-refractivity contribution in [3.8, 4) is 0 Å². The van der Waals surface area contributed by atoms with Gasteiger partial charge in [0.2, 0.25) is 0 Å². The molecule has 1 N–H and O–H groups in total. The Hall–Kier alpha value is -1.82. The highest BCUT2D eigenvalue weighted by atomic mass is 16.5. The Kier molecular flexibility index (Phi) is 3.73. The van der Waals surface area contributed by atoms with Gasteiger partial charge in [-0.25, -0.2) is 9.97 Å². The van der Waals surface area contributed by atoms with Crippen molar-refractivity contribution < 1.29 is 4.74 Å². The fourth-order valence-corrected chi connectivity index (χ4v) is 2.72. The fourth-order valence-electron chi connectivity index (χ4n) is 2.72. The molecule has 0 bridgehead atoms. The molecular weight excluding hydrogens is 254 g/mol. The van der Waals surface area contributed by atoms with Crippen LogP contribution in [0.5, 0.6) is 0 Å². The summed E-state index contributed by atoms with van der Waals surface area (Å²) >= 11 is 0. The molecule has 3 rings (SSSR count). The van der Waals surface area contributed by atoms with Crippen molar-refractivity contribution in [1.29, 1.82) is 0 Å². The molecule has 1 fully saturated rings. The zero-order chi connectivity index (χ0) is 13.9. The Morgan fingerprint density at radius 1 is 1.40 bits per heavy atom. The molecular formula is C14H21N5O. The number of hydrogen-bond acceptors (Lipinski definition) is 5.